The fourth-order valence-electron chi connectivity index (χ4n) is 1.97. The first-order chi connectivity index (χ1) is 11.4. The molecular weight excluding hydrogens is 322 g/mol. The highest BCUT2D eigenvalue weighted by Crippen LogP contribution is 2.21. The Bertz CT molecular complexity index is 762. The number of hydrogen-bond donors (Lipinski definition) is 0. The van der Waals surface area contributed by atoms with E-state index in [1.165, 1.54) is 14.2 Å². The third-order valence-corrected chi connectivity index (χ3v) is 3.24. The predicted octanol–water partition coefficient (Wildman–Crippen LogP) is 2.62. The predicted molar refractivity (Wildman–Crippen MR) is 79.6 cm³/mol. The number of hydrogen-bond acceptors (Lipinski definition) is 5. The molecule has 0 spiro atoms. The SMILES string of the molecule is COc1cc(C(=O)C(=O)C(=O)c2ccc(F)c(OC)c2)ccc1F. The number of ether oxygens (including phenoxy) is 2. The lowest BCUT2D eigenvalue weighted by Gasteiger charge is -2.06. The Morgan fingerprint density at radius 2 is 1.12 bits per heavy atom. The summed E-state index contributed by atoms with van der Waals surface area (Å²) in [4.78, 5) is 36.3. The van der Waals surface area contributed by atoms with Crippen LogP contribution in [0.5, 0.6) is 11.5 Å². The lowest BCUT2D eigenvalue weighted by Crippen LogP contribution is -2.24. The van der Waals surface area contributed by atoms with E-state index in [0.29, 0.717) is 0 Å². The van der Waals surface area contributed by atoms with E-state index in [-0.39, 0.29) is 22.6 Å². The van der Waals surface area contributed by atoms with Gasteiger partial charge >= 0.3 is 0 Å². The average Bonchev–Trinajstić information content (AvgIpc) is 2.60. The summed E-state index contributed by atoms with van der Waals surface area (Å²) in [5, 5.41) is 0. The van der Waals surface area contributed by atoms with Gasteiger partial charge in [-0.1, -0.05) is 0 Å². The van der Waals surface area contributed by atoms with Gasteiger partial charge in [-0.05, 0) is 36.4 Å². The lowest BCUT2D eigenvalue weighted by atomic mass is 9.99. The molecular formula is C17H12F2O5. The number of benzene rings is 2. The molecule has 0 fully saturated rings. The monoisotopic (exact) mass is 334 g/mol. The van der Waals surface area contributed by atoms with Gasteiger partial charge in [0.2, 0.25) is 11.6 Å². The second kappa shape index (κ2) is 6.99. The normalized spacial score (nSPS) is 10.2. The lowest BCUT2D eigenvalue weighted by molar-refractivity contribution is -0.111. The molecule has 5 nitrogen and oxygen atoms in total. The van der Waals surface area contributed by atoms with E-state index in [1.54, 1.807) is 0 Å². The van der Waals surface area contributed by atoms with E-state index in [4.69, 9.17) is 9.47 Å². The molecule has 0 saturated heterocycles. The summed E-state index contributed by atoms with van der Waals surface area (Å²) in [6.07, 6.45) is 0. The second-order valence-electron chi connectivity index (χ2n) is 4.69. The number of halogens is 2. The van der Waals surface area contributed by atoms with E-state index in [9.17, 15) is 23.2 Å². The van der Waals surface area contributed by atoms with E-state index in [1.807, 2.05) is 0 Å². The Morgan fingerprint density at radius 3 is 1.46 bits per heavy atom. The first-order valence-electron chi connectivity index (χ1n) is 6.69. The molecule has 2 rings (SSSR count). The Morgan fingerprint density at radius 1 is 0.750 bits per heavy atom. The van der Waals surface area contributed by atoms with Crippen LogP contribution in [0.4, 0.5) is 8.78 Å². The fraction of sp³-hybridized carbons (Fsp3) is 0.118. The van der Waals surface area contributed by atoms with Crippen molar-refractivity contribution in [3.8, 4) is 11.5 Å². The van der Waals surface area contributed by atoms with Crippen LogP contribution in [0.25, 0.3) is 0 Å². The minimum atomic E-state index is -1.34. The molecule has 0 saturated carbocycles. The van der Waals surface area contributed by atoms with Gasteiger partial charge in [0.1, 0.15) is 0 Å². The van der Waals surface area contributed by atoms with Crippen molar-refractivity contribution in [1.29, 1.82) is 0 Å². The first kappa shape index (κ1) is 17.3. The molecule has 0 bridgehead atoms. The van der Waals surface area contributed by atoms with Crippen LogP contribution in [0.3, 0.4) is 0 Å². The topological polar surface area (TPSA) is 69.7 Å². The Kier molecular flexibility index (Phi) is 5.03. The second-order valence-corrected chi connectivity index (χ2v) is 4.69. The molecule has 2 aromatic carbocycles. The van der Waals surface area contributed by atoms with Crippen molar-refractivity contribution in [2.45, 2.75) is 0 Å². The van der Waals surface area contributed by atoms with Crippen molar-refractivity contribution in [3.05, 3.63) is 59.2 Å². The summed E-state index contributed by atoms with van der Waals surface area (Å²) >= 11 is 0. The van der Waals surface area contributed by atoms with Gasteiger partial charge in [-0.15, -0.1) is 0 Å². The highest BCUT2D eigenvalue weighted by atomic mass is 19.1. The molecule has 0 aliphatic heterocycles. The molecule has 24 heavy (non-hydrogen) atoms. The van der Waals surface area contributed by atoms with Gasteiger partial charge in [0.25, 0.3) is 5.78 Å². The van der Waals surface area contributed by atoms with E-state index in [2.05, 4.69) is 0 Å². The minimum Gasteiger partial charge on any atom is -0.494 e. The van der Waals surface area contributed by atoms with Gasteiger partial charge in [-0.25, -0.2) is 8.78 Å². The van der Waals surface area contributed by atoms with Crippen molar-refractivity contribution in [2.75, 3.05) is 14.2 Å². The molecule has 0 aliphatic carbocycles. The Hall–Kier alpha value is -3.09. The zero-order chi connectivity index (χ0) is 17.9. The van der Waals surface area contributed by atoms with Crippen molar-refractivity contribution >= 4 is 17.3 Å². The zero-order valence-electron chi connectivity index (χ0n) is 12.8. The fourth-order valence-corrected chi connectivity index (χ4v) is 1.97. The van der Waals surface area contributed by atoms with E-state index < -0.39 is 29.0 Å². The molecule has 0 aromatic heterocycles. The molecule has 0 amide bonds. The van der Waals surface area contributed by atoms with Crippen molar-refractivity contribution in [2.24, 2.45) is 0 Å². The van der Waals surface area contributed by atoms with E-state index >= 15 is 0 Å². The molecule has 0 atom stereocenters. The number of carbonyl (C=O) groups excluding carboxylic acids is 3. The molecule has 124 valence electrons. The number of carbonyl (C=O) groups is 3. The maximum Gasteiger partial charge on any atom is 0.273 e. The average molecular weight is 334 g/mol. The molecule has 0 N–H and O–H groups in total. The van der Waals surface area contributed by atoms with Crippen LogP contribution in [0.2, 0.25) is 0 Å². The summed E-state index contributed by atoms with van der Waals surface area (Å²) in [5.74, 6) is -5.47. The van der Waals surface area contributed by atoms with Crippen LogP contribution in [-0.2, 0) is 4.79 Å². The highest BCUT2D eigenvalue weighted by molar-refractivity contribution is 6.69. The van der Waals surface area contributed by atoms with Crippen LogP contribution < -0.4 is 9.47 Å². The van der Waals surface area contributed by atoms with Crippen molar-refractivity contribution < 1.29 is 32.6 Å². The summed E-state index contributed by atoms with van der Waals surface area (Å²) in [6.45, 7) is 0. The zero-order valence-corrected chi connectivity index (χ0v) is 12.8. The van der Waals surface area contributed by atoms with Crippen LogP contribution in [0, 0.1) is 11.6 Å². The molecule has 0 unspecified atom stereocenters. The maximum absolute atomic E-state index is 13.3. The minimum absolute atomic E-state index is 0.194. The molecule has 0 aliphatic rings. The first-order valence-corrected chi connectivity index (χ1v) is 6.69. The van der Waals surface area contributed by atoms with Crippen molar-refractivity contribution in [3.63, 3.8) is 0 Å². The number of Topliss-reactive ketones (excluding diaryl/α,β-unsaturated/α-hetero) is 3. The van der Waals surface area contributed by atoms with Gasteiger partial charge in [-0.2, -0.15) is 0 Å². The van der Waals surface area contributed by atoms with Crippen molar-refractivity contribution in [1.82, 2.24) is 0 Å². The Balaban J connectivity index is 2.30. The summed E-state index contributed by atoms with van der Waals surface area (Å²) in [7, 11) is 2.40. The smallest absolute Gasteiger partial charge is 0.273 e. The molecule has 7 heteroatoms. The number of ketones is 3. The number of methoxy groups -OCH3 is 2. The van der Waals surface area contributed by atoms with Crippen LogP contribution in [0.15, 0.2) is 36.4 Å². The summed E-state index contributed by atoms with van der Waals surface area (Å²) in [5.41, 5.74) is -0.388. The molecule has 0 radical (unpaired) electrons. The van der Waals surface area contributed by atoms with Gasteiger partial charge in [0.15, 0.2) is 23.1 Å². The van der Waals surface area contributed by atoms with Gasteiger partial charge < -0.3 is 9.47 Å². The maximum atomic E-state index is 13.3. The van der Waals surface area contributed by atoms with E-state index in [0.717, 1.165) is 36.4 Å². The summed E-state index contributed by atoms with van der Waals surface area (Å²) < 4.78 is 36.1. The van der Waals surface area contributed by atoms with Crippen LogP contribution >= 0.6 is 0 Å². The van der Waals surface area contributed by atoms with Gasteiger partial charge in [-0.3, -0.25) is 14.4 Å². The van der Waals surface area contributed by atoms with Crippen LogP contribution in [-0.4, -0.2) is 31.6 Å². The van der Waals surface area contributed by atoms with Crippen LogP contribution in [0.1, 0.15) is 20.7 Å². The third-order valence-electron chi connectivity index (χ3n) is 3.24. The standard InChI is InChI=1S/C17H12F2O5/c1-23-13-7-9(3-5-11(13)18)15(20)17(22)16(21)10-4-6-12(19)14(8-10)24-2/h3-8H,1-2H3. The highest BCUT2D eigenvalue weighted by Gasteiger charge is 2.27. The summed E-state index contributed by atoms with van der Waals surface area (Å²) in [6, 6.07) is 6.07. The quantitative estimate of drug-likeness (QED) is 0.461. The largest absolute Gasteiger partial charge is 0.494 e. The molecule has 0 heterocycles. The number of rotatable bonds is 6. The Labute approximate surface area is 135 Å². The van der Waals surface area contributed by atoms with Gasteiger partial charge in [0.05, 0.1) is 14.2 Å². The molecule has 2 aromatic rings. The third kappa shape index (κ3) is 3.29. The van der Waals surface area contributed by atoms with Gasteiger partial charge in [0, 0.05) is 11.1 Å².